The summed E-state index contributed by atoms with van der Waals surface area (Å²) in [5.41, 5.74) is 2.27. The maximum absolute atomic E-state index is 6.06. The molecule has 2 aromatic rings. The van der Waals surface area contributed by atoms with Crippen molar-refractivity contribution in [2.75, 3.05) is 19.7 Å². The van der Waals surface area contributed by atoms with Gasteiger partial charge in [-0.3, -0.25) is 4.90 Å². The van der Waals surface area contributed by atoms with Crippen LogP contribution in [0.2, 0.25) is 0 Å². The average Bonchev–Trinajstić information content (AvgIpc) is 3.18. The van der Waals surface area contributed by atoms with Gasteiger partial charge in [0.25, 0.3) is 0 Å². The molecule has 1 aromatic carbocycles. The molecule has 1 atom stereocenters. The number of benzene rings is 1. The number of rotatable bonds is 3. The van der Waals surface area contributed by atoms with Crippen LogP contribution in [0.4, 0.5) is 0 Å². The van der Waals surface area contributed by atoms with Crippen LogP contribution in [0.25, 0.3) is 5.69 Å². The van der Waals surface area contributed by atoms with Crippen LogP contribution in [-0.4, -0.2) is 45.2 Å². The molecule has 0 unspecified atom stereocenters. The molecule has 5 nitrogen and oxygen atoms in total. The lowest BCUT2D eigenvalue weighted by atomic mass is 9.92. The van der Waals surface area contributed by atoms with Crippen molar-refractivity contribution >= 4 is 0 Å². The van der Waals surface area contributed by atoms with Crippen LogP contribution in [0.3, 0.4) is 0 Å². The van der Waals surface area contributed by atoms with Gasteiger partial charge in [0.2, 0.25) is 0 Å². The maximum Gasteiger partial charge on any atom is 0.0971 e. The smallest absolute Gasteiger partial charge is 0.0971 e. The first kappa shape index (κ1) is 14.8. The van der Waals surface area contributed by atoms with Gasteiger partial charge in [-0.2, -0.15) is 0 Å². The maximum atomic E-state index is 6.06. The van der Waals surface area contributed by atoms with Crippen molar-refractivity contribution in [2.45, 2.75) is 44.2 Å². The molecule has 0 radical (unpaired) electrons. The van der Waals surface area contributed by atoms with E-state index in [1.807, 2.05) is 41.2 Å². The lowest BCUT2D eigenvalue weighted by Gasteiger charge is -2.26. The molecule has 1 aromatic heterocycles. The second-order valence-electron chi connectivity index (χ2n) is 6.75. The Morgan fingerprint density at radius 2 is 1.91 bits per heavy atom. The second-order valence-corrected chi connectivity index (χ2v) is 6.75. The van der Waals surface area contributed by atoms with Crippen LogP contribution >= 0.6 is 0 Å². The summed E-state index contributed by atoms with van der Waals surface area (Å²) < 4.78 is 7.92. The minimum Gasteiger partial charge on any atom is -0.375 e. The molecule has 3 heterocycles. The predicted molar refractivity (Wildman–Crippen MR) is 88.4 cm³/mol. The Morgan fingerprint density at radius 3 is 2.74 bits per heavy atom. The minimum absolute atomic E-state index is 0.177. The molecule has 4 rings (SSSR count). The highest BCUT2D eigenvalue weighted by Crippen LogP contribution is 2.35. The van der Waals surface area contributed by atoms with Gasteiger partial charge in [-0.1, -0.05) is 23.4 Å². The first-order valence-electron chi connectivity index (χ1n) is 8.66. The monoisotopic (exact) mass is 312 g/mol. The molecular weight excluding hydrogens is 288 g/mol. The largest absolute Gasteiger partial charge is 0.375 e. The summed E-state index contributed by atoms with van der Waals surface area (Å²) >= 11 is 0. The fourth-order valence-electron chi connectivity index (χ4n) is 3.84. The number of ether oxygens (including phenoxy) is 1. The van der Waals surface area contributed by atoms with Crippen molar-refractivity contribution in [3.05, 3.63) is 42.2 Å². The zero-order chi connectivity index (χ0) is 15.5. The van der Waals surface area contributed by atoms with E-state index in [4.69, 9.17) is 4.74 Å². The van der Waals surface area contributed by atoms with Gasteiger partial charge >= 0.3 is 0 Å². The van der Waals surface area contributed by atoms with E-state index in [1.54, 1.807) is 0 Å². The van der Waals surface area contributed by atoms with Gasteiger partial charge < -0.3 is 4.74 Å². The minimum atomic E-state index is 0.177. The normalized spacial score (nSPS) is 25.7. The lowest BCUT2D eigenvalue weighted by Crippen LogP contribution is -2.30. The van der Waals surface area contributed by atoms with Gasteiger partial charge in [-0.05, 0) is 50.8 Å². The number of hydrogen-bond donors (Lipinski definition) is 0. The third-order valence-corrected chi connectivity index (χ3v) is 5.12. The van der Waals surface area contributed by atoms with Gasteiger partial charge in [-0.25, -0.2) is 4.68 Å². The summed E-state index contributed by atoms with van der Waals surface area (Å²) in [4.78, 5) is 2.50. The van der Waals surface area contributed by atoms with Crippen LogP contribution < -0.4 is 0 Å². The summed E-state index contributed by atoms with van der Waals surface area (Å²) in [5, 5.41) is 8.61. The van der Waals surface area contributed by atoms with Crippen LogP contribution in [0.5, 0.6) is 0 Å². The van der Waals surface area contributed by atoms with E-state index in [9.17, 15) is 0 Å². The molecule has 0 aliphatic carbocycles. The van der Waals surface area contributed by atoms with E-state index in [-0.39, 0.29) is 5.60 Å². The molecule has 2 aliphatic rings. The Labute approximate surface area is 137 Å². The third-order valence-electron chi connectivity index (χ3n) is 5.12. The molecule has 2 fully saturated rings. The van der Waals surface area contributed by atoms with E-state index in [0.29, 0.717) is 0 Å². The highest BCUT2D eigenvalue weighted by atomic mass is 16.5. The molecule has 1 spiro atoms. The number of likely N-dealkylation sites (tertiary alicyclic amines) is 1. The number of nitrogens with zero attached hydrogens (tertiary/aromatic N) is 4. The van der Waals surface area contributed by atoms with Crippen LogP contribution in [-0.2, 0) is 11.3 Å². The van der Waals surface area contributed by atoms with Gasteiger partial charge in [0.15, 0.2) is 0 Å². The fraction of sp³-hybridized carbons (Fsp3) is 0.556. The zero-order valence-electron chi connectivity index (χ0n) is 13.5. The quantitative estimate of drug-likeness (QED) is 0.874. The second kappa shape index (κ2) is 6.42. The Balaban J connectivity index is 1.40. The van der Waals surface area contributed by atoms with E-state index in [0.717, 1.165) is 44.0 Å². The summed E-state index contributed by atoms with van der Waals surface area (Å²) in [7, 11) is 0. The van der Waals surface area contributed by atoms with Gasteiger partial charge in [-0.15, -0.1) is 5.10 Å². The highest BCUT2D eigenvalue weighted by Gasteiger charge is 2.36. The first-order chi connectivity index (χ1) is 11.3. The number of hydrogen-bond acceptors (Lipinski definition) is 4. The number of aromatic nitrogens is 3. The number of para-hydroxylation sites is 1. The summed E-state index contributed by atoms with van der Waals surface area (Å²) in [6, 6.07) is 10.1. The molecule has 23 heavy (non-hydrogen) atoms. The molecule has 5 heteroatoms. The highest BCUT2D eigenvalue weighted by molar-refractivity contribution is 5.29. The Kier molecular flexibility index (Phi) is 4.14. The zero-order valence-corrected chi connectivity index (χ0v) is 13.5. The van der Waals surface area contributed by atoms with E-state index in [2.05, 4.69) is 15.2 Å². The van der Waals surface area contributed by atoms with Gasteiger partial charge in [0.1, 0.15) is 0 Å². The molecule has 122 valence electrons. The van der Waals surface area contributed by atoms with Gasteiger partial charge in [0, 0.05) is 19.7 Å². The van der Waals surface area contributed by atoms with Crippen molar-refractivity contribution < 1.29 is 4.74 Å². The molecule has 2 saturated heterocycles. The molecule has 2 aliphatic heterocycles. The predicted octanol–water partition coefficient (Wildman–Crippen LogP) is 2.80. The molecule has 0 amide bonds. The standard InChI is InChI=1S/C18H24N4O/c1-2-6-17(7-3-1)22-15-16(19-20-22)14-21-11-4-8-18(10-12-21)9-5-13-23-18/h1-3,6-7,15H,4-5,8-14H2/t18-/m1/s1. The van der Waals surface area contributed by atoms with Crippen molar-refractivity contribution in [1.29, 1.82) is 0 Å². The summed E-state index contributed by atoms with van der Waals surface area (Å²) in [6.45, 7) is 4.05. The van der Waals surface area contributed by atoms with E-state index in [1.165, 1.54) is 25.7 Å². The van der Waals surface area contributed by atoms with Crippen LogP contribution in [0.1, 0.15) is 37.8 Å². The molecular formula is C18H24N4O. The Hall–Kier alpha value is -1.72. The summed E-state index contributed by atoms with van der Waals surface area (Å²) in [5.74, 6) is 0. The molecule has 0 bridgehead atoms. The topological polar surface area (TPSA) is 43.2 Å². The molecule has 0 N–H and O–H groups in total. The Morgan fingerprint density at radius 1 is 1.04 bits per heavy atom. The first-order valence-corrected chi connectivity index (χ1v) is 8.66. The van der Waals surface area contributed by atoms with Crippen molar-refractivity contribution in [1.82, 2.24) is 19.9 Å². The third kappa shape index (κ3) is 3.31. The Bertz CT molecular complexity index is 633. The summed E-state index contributed by atoms with van der Waals surface area (Å²) in [6.07, 6.45) is 8.09. The van der Waals surface area contributed by atoms with Crippen LogP contribution in [0, 0.1) is 0 Å². The molecule has 0 saturated carbocycles. The fourth-order valence-corrected chi connectivity index (χ4v) is 3.84. The lowest BCUT2D eigenvalue weighted by molar-refractivity contribution is -0.00739. The van der Waals surface area contributed by atoms with E-state index >= 15 is 0 Å². The van der Waals surface area contributed by atoms with Crippen molar-refractivity contribution in [3.63, 3.8) is 0 Å². The van der Waals surface area contributed by atoms with Crippen LogP contribution in [0.15, 0.2) is 36.5 Å². The SMILES string of the molecule is c1ccc(-n2cc(CN3CCC[C@@]4(CCCO4)CC3)nn2)cc1. The van der Waals surface area contributed by atoms with Crippen molar-refractivity contribution in [2.24, 2.45) is 0 Å². The van der Waals surface area contributed by atoms with Crippen molar-refractivity contribution in [3.8, 4) is 5.69 Å². The van der Waals surface area contributed by atoms with Gasteiger partial charge in [0.05, 0.1) is 23.2 Å². The average molecular weight is 312 g/mol. The van der Waals surface area contributed by atoms with E-state index < -0.39 is 0 Å².